The summed E-state index contributed by atoms with van der Waals surface area (Å²) in [6.45, 7) is 19.1. The number of nitrogens with one attached hydrogen (secondary N) is 1. The number of hydrogen-bond acceptors (Lipinski definition) is 2. The Morgan fingerprint density at radius 3 is 2.65 bits per heavy atom. The van der Waals surface area contributed by atoms with Gasteiger partial charge < -0.3 is 5.32 Å². The third kappa shape index (κ3) is 5.22. The molecule has 1 N–H and O–H groups in total. The molecule has 1 rings (SSSR count). The van der Waals surface area contributed by atoms with Gasteiger partial charge >= 0.3 is 0 Å². The molecule has 17 heavy (non-hydrogen) atoms. The molecule has 1 heterocycles. The van der Waals surface area contributed by atoms with E-state index >= 15 is 0 Å². The van der Waals surface area contributed by atoms with Crippen molar-refractivity contribution >= 4 is 0 Å². The van der Waals surface area contributed by atoms with Crippen LogP contribution in [0, 0.1) is 11.3 Å². The van der Waals surface area contributed by atoms with E-state index in [4.69, 9.17) is 0 Å². The molecule has 0 saturated carbocycles. The van der Waals surface area contributed by atoms with E-state index in [1.807, 2.05) is 0 Å². The second kappa shape index (κ2) is 6.55. The van der Waals surface area contributed by atoms with Crippen molar-refractivity contribution in [2.45, 2.75) is 40.5 Å². The maximum Gasteiger partial charge on any atom is 0.0202 e. The maximum absolute atomic E-state index is 4.17. The first kappa shape index (κ1) is 14.7. The van der Waals surface area contributed by atoms with Crippen LogP contribution in [0.5, 0.6) is 0 Å². The summed E-state index contributed by atoms with van der Waals surface area (Å²) in [5.41, 5.74) is 1.78. The monoisotopic (exact) mass is 238 g/mol. The quantitative estimate of drug-likeness (QED) is 0.565. The van der Waals surface area contributed by atoms with Crippen molar-refractivity contribution in [3.8, 4) is 0 Å². The van der Waals surface area contributed by atoms with Crippen LogP contribution < -0.4 is 5.32 Å². The lowest BCUT2D eigenvalue weighted by Crippen LogP contribution is -2.29. The summed E-state index contributed by atoms with van der Waals surface area (Å²) < 4.78 is 0. The molecular weight excluding hydrogens is 208 g/mol. The summed E-state index contributed by atoms with van der Waals surface area (Å²) in [7, 11) is 0. The summed E-state index contributed by atoms with van der Waals surface area (Å²) in [5.74, 6) is 0.846. The zero-order valence-electron chi connectivity index (χ0n) is 12.2. The van der Waals surface area contributed by atoms with Gasteiger partial charge in [-0.05, 0) is 42.8 Å². The summed E-state index contributed by atoms with van der Waals surface area (Å²) >= 11 is 0. The largest absolute Gasteiger partial charge is 0.313 e. The van der Waals surface area contributed by atoms with Gasteiger partial charge in [-0.25, -0.2) is 0 Å². The van der Waals surface area contributed by atoms with Gasteiger partial charge in [-0.3, -0.25) is 4.90 Å². The molecule has 0 aliphatic carbocycles. The molecular formula is C15H30N2. The van der Waals surface area contributed by atoms with E-state index in [-0.39, 0.29) is 0 Å². The third-order valence-corrected chi connectivity index (χ3v) is 3.75. The highest BCUT2D eigenvalue weighted by atomic mass is 15.1. The Labute approximate surface area is 107 Å². The summed E-state index contributed by atoms with van der Waals surface area (Å²) in [6, 6.07) is 0. The Hall–Kier alpha value is -0.340. The van der Waals surface area contributed by atoms with Crippen molar-refractivity contribution in [2.75, 3.05) is 32.7 Å². The Morgan fingerprint density at radius 1 is 1.41 bits per heavy atom. The first-order valence-corrected chi connectivity index (χ1v) is 7.03. The molecule has 1 fully saturated rings. The summed E-state index contributed by atoms with van der Waals surface area (Å²) in [5, 5.41) is 3.42. The summed E-state index contributed by atoms with van der Waals surface area (Å²) in [6.07, 6.45) is 2.54. The van der Waals surface area contributed by atoms with Crippen molar-refractivity contribution < 1.29 is 0 Å². The van der Waals surface area contributed by atoms with Gasteiger partial charge in [0.15, 0.2) is 0 Å². The number of nitrogens with zero attached hydrogens (tertiary/aromatic N) is 1. The zero-order chi connectivity index (χ0) is 12.9. The van der Waals surface area contributed by atoms with Crippen LogP contribution in [0.15, 0.2) is 12.2 Å². The van der Waals surface area contributed by atoms with Crippen LogP contribution in [0.2, 0.25) is 0 Å². The average Bonchev–Trinajstić information content (AvgIpc) is 2.66. The van der Waals surface area contributed by atoms with E-state index in [0.29, 0.717) is 5.41 Å². The van der Waals surface area contributed by atoms with E-state index in [9.17, 15) is 0 Å². The average molecular weight is 238 g/mol. The highest BCUT2D eigenvalue weighted by Crippen LogP contribution is 2.33. The van der Waals surface area contributed by atoms with E-state index in [1.54, 1.807) is 0 Å². The molecule has 1 aliphatic rings. The first-order valence-electron chi connectivity index (χ1n) is 7.03. The highest BCUT2D eigenvalue weighted by molar-refractivity contribution is 5.01. The Balaban J connectivity index is 2.23. The van der Waals surface area contributed by atoms with Crippen LogP contribution in [0.4, 0.5) is 0 Å². The van der Waals surface area contributed by atoms with Crippen LogP contribution in [-0.4, -0.2) is 37.6 Å². The molecule has 100 valence electrons. The molecule has 0 spiro atoms. The Morgan fingerprint density at radius 2 is 2.12 bits per heavy atom. The lowest BCUT2D eigenvalue weighted by molar-refractivity contribution is 0.234. The second-order valence-corrected chi connectivity index (χ2v) is 6.51. The van der Waals surface area contributed by atoms with Gasteiger partial charge in [0, 0.05) is 19.6 Å². The molecule has 0 aromatic carbocycles. The van der Waals surface area contributed by atoms with Crippen LogP contribution in [0.3, 0.4) is 0 Å². The van der Waals surface area contributed by atoms with Gasteiger partial charge in [0.1, 0.15) is 0 Å². The van der Waals surface area contributed by atoms with Crippen LogP contribution in [0.1, 0.15) is 40.5 Å². The lowest BCUT2D eigenvalue weighted by atomic mass is 9.80. The molecule has 2 heteroatoms. The normalized spacial score (nSPS) is 22.0. The number of hydrogen-bond donors (Lipinski definition) is 1. The fraction of sp³-hybridized carbons (Fsp3) is 0.867. The number of likely N-dealkylation sites (tertiary alicyclic amines) is 1. The third-order valence-electron chi connectivity index (χ3n) is 3.75. The molecule has 0 radical (unpaired) electrons. The van der Waals surface area contributed by atoms with Crippen molar-refractivity contribution in [3.63, 3.8) is 0 Å². The van der Waals surface area contributed by atoms with Gasteiger partial charge in [0.2, 0.25) is 0 Å². The van der Waals surface area contributed by atoms with Gasteiger partial charge in [-0.15, -0.1) is 0 Å². The van der Waals surface area contributed by atoms with E-state index < -0.39 is 0 Å². The minimum atomic E-state index is 0.455. The van der Waals surface area contributed by atoms with Crippen molar-refractivity contribution in [3.05, 3.63) is 12.2 Å². The molecule has 1 unspecified atom stereocenters. The van der Waals surface area contributed by atoms with Gasteiger partial charge in [0.05, 0.1) is 0 Å². The van der Waals surface area contributed by atoms with Gasteiger partial charge in [-0.2, -0.15) is 0 Å². The van der Waals surface area contributed by atoms with E-state index in [1.165, 1.54) is 31.5 Å². The van der Waals surface area contributed by atoms with Crippen LogP contribution in [-0.2, 0) is 0 Å². The summed E-state index contributed by atoms with van der Waals surface area (Å²) in [4.78, 5) is 2.56. The minimum absolute atomic E-state index is 0.455. The molecule has 0 aromatic rings. The molecule has 1 aliphatic heterocycles. The molecule has 0 aromatic heterocycles. The molecule has 0 bridgehead atoms. The fourth-order valence-electron chi connectivity index (χ4n) is 2.50. The van der Waals surface area contributed by atoms with Crippen molar-refractivity contribution in [1.82, 2.24) is 10.2 Å². The van der Waals surface area contributed by atoms with E-state index in [0.717, 1.165) is 25.6 Å². The van der Waals surface area contributed by atoms with Crippen LogP contribution >= 0.6 is 0 Å². The minimum Gasteiger partial charge on any atom is -0.313 e. The molecule has 2 nitrogen and oxygen atoms in total. The number of rotatable bonds is 6. The molecule has 0 amide bonds. The predicted molar refractivity (Wildman–Crippen MR) is 76.3 cm³/mol. The van der Waals surface area contributed by atoms with Crippen LogP contribution in [0.25, 0.3) is 0 Å². The smallest absolute Gasteiger partial charge is 0.0202 e. The topological polar surface area (TPSA) is 15.3 Å². The Bertz CT molecular complexity index is 240. The standard InChI is InChI=1S/C15H30N2/c1-6-8-16-10-13(2)11-17-9-7-14(12-17)15(3,4)5/h14,16H,2,6-12H2,1,3-5H3. The van der Waals surface area contributed by atoms with Crippen molar-refractivity contribution in [1.29, 1.82) is 0 Å². The van der Waals surface area contributed by atoms with Crippen molar-refractivity contribution in [2.24, 2.45) is 11.3 Å². The van der Waals surface area contributed by atoms with E-state index in [2.05, 4.69) is 44.5 Å². The zero-order valence-corrected chi connectivity index (χ0v) is 12.2. The van der Waals surface area contributed by atoms with Gasteiger partial charge in [-0.1, -0.05) is 34.3 Å². The molecule has 1 saturated heterocycles. The molecule has 1 atom stereocenters. The first-order chi connectivity index (χ1) is 7.93. The lowest BCUT2D eigenvalue weighted by Gasteiger charge is -2.27. The highest BCUT2D eigenvalue weighted by Gasteiger charge is 2.31. The second-order valence-electron chi connectivity index (χ2n) is 6.51. The predicted octanol–water partition coefficient (Wildman–Crippen LogP) is 2.91. The SMILES string of the molecule is C=C(CNCCC)CN1CCC(C(C)(C)C)C1. The van der Waals surface area contributed by atoms with Gasteiger partial charge in [0.25, 0.3) is 0 Å². The maximum atomic E-state index is 4.17. The fourth-order valence-corrected chi connectivity index (χ4v) is 2.50. The Kier molecular flexibility index (Phi) is 5.68.